The first kappa shape index (κ1) is 12.8. The van der Waals surface area contributed by atoms with Gasteiger partial charge in [0.15, 0.2) is 0 Å². The average molecular weight is 275 g/mol. The maximum atomic E-state index is 12.7. The molecule has 0 aliphatic rings. The van der Waals surface area contributed by atoms with Gasteiger partial charge in [-0.25, -0.2) is 0 Å². The summed E-state index contributed by atoms with van der Waals surface area (Å²) in [6.07, 6.45) is -4.32. The lowest BCUT2D eigenvalue weighted by atomic mass is 10.1. The summed E-state index contributed by atoms with van der Waals surface area (Å²) in [5, 5.41) is 0.774. The summed E-state index contributed by atoms with van der Waals surface area (Å²) in [5.74, 6) is 0. The van der Waals surface area contributed by atoms with Crippen molar-refractivity contribution in [2.75, 3.05) is 0 Å². The van der Waals surface area contributed by atoms with E-state index < -0.39 is 11.7 Å². The van der Waals surface area contributed by atoms with Crippen LogP contribution in [0.4, 0.5) is 13.2 Å². The van der Waals surface area contributed by atoms with Gasteiger partial charge in [-0.3, -0.25) is 0 Å². The monoisotopic (exact) mass is 275 g/mol. The normalized spacial score (nSPS) is 12.0. The van der Waals surface area contributed by atoms with Crippen LogP contribution in [0.1, 0.15) is 11.1 Å². The van der Waals surface area contributed by atoms with E-state index in [2.05, 4.69) is 4.98 Å². The number of aromatic nitrogens is 1. The third kappa shape index (κ3) is 2.18. The van der Waals surface area contributed by atoms with Gasteiger partial charge in [0.05, 0.1) is 5.56 Å². The van der Waals surface area contributed by atoms with Crippen LogP contribution in [0.25, 0.3) is 22.2 Å². The van der Waals surface area contributed by atoms with Crippen molar-refractivity contribution in [1.29, 1.82) is 0 Å². The largest absolute Gasteiger partial charge is 0.416 e. The smallest absolute Gasteiger partial charge is 0.355 e. The van der Waals surface area contributed by atoms with Crippen molar-refractivity contribution in [3.05, 3.63) is 59.7 Å². The molecule has 0 unspecified atom stereocenters. The van der Waals surface area contributed by atoms with Crippen LogP contribution in [0, 0.1) is 6.92 Å². The van der Waals surface area contributed by atoms with Gasteiger partial charge in [-0.2, -0.15) is 13.2 Å². The maximum Gasteiger partial charge on any atom is 0.416 e. The minimum absolute atomic E-state index is 0.498. The van der Waals surface area contributed by atoms with Gasteiger partial charge >= 0.3 is 6.18 Å². The van der Waals surface area contributed by atoms with Gasteiger partial charge in [0, 0.05) is 22.2 Å². The van der Waals surface area contributed by atoms with Crippen molar-refractivity contribution < 1.29 is 13.2 Å². The first-order chi connectivity index (χ1) is 9.45. The second kappa shape index (κ2) is 4.40. The number of aryl methyl sites for hydroxylation is 1. The Balaban J connectivity index is 2.14. The highest BCUT2D eigenvalue weighted by Gasteiger charge is 2.30. The summed E-state index contributed by atoms with van der Waals surface area (Å²) >= 11 is 0. The molecule has 3 rings (SSSR count). The van der Waals surface area contributed by atoms with Crippen molar-refractivity contribution in [1.82, 2.24) is 4.98 Å². The highest BCUT2D eigenvalue weighted by Crippen LogP contribution is 2.33. The van der Waals surface area contributed by atoms with Crippen LogP contribution in [0.3, 0.4) is 0 Å². The van der Waals surface area contributed by atoms with Crippen LogP contribution in [-0.2, 0) is 6.18 Å². The van der Waals surface area contributed by atoms with Crippen LogP contribution in [-0.4, -0.2) is 4.98 Å². The van der Waals surface area contributed by atoms with Gasteiger partial charge in [-0.1, -0.05) is 30.3 Å². The number of hydrogen-bond donors (Lipinski definition) is 1. The molecular formula is C16H12F3N. The summed E-state index contributed by atoms with van der Waals surface area (Å²) in [6, 6.07) is 13.4. The van der Waals surface area contributed by atoms with Crippen LogP contribution in [0.2, 0.25) is 0 Å². The van der Waals surface area contributed by atoms with Gasteiger partial charge in [0.25, 0.3) is 0 Å². The molecule has 2 aromatic carbocycles. The summed E-state index contributed by atoms with van der Waals surface area (Å²) in [4.78, 5) is 3.07. The third-order valence-electron chi connectivity index (χ3n) is 3.39. The van der Waals surface area contributed by atoms with E-state index in [1.54, 1.807) is 0 Å². The number of halogens is 3. The fraction of sp³-hybridized carbons (Fsp3) is 0.125. The van der Waals surface area contributed by atoms with E-state index in [0.29, 0.717) is 5.52 Å². The third-order valence-corrected chi connectivity index (χ3v) is 3.39. The molecule has 0 atom stereocenters. The fourth-order valence-electron chi connectivity index (χ4n) is 2.32. The van der Waals surface area contributed by atoms with Crippen molar-refractivity contribution in [2.45, 2.75) is 13.1 Å². The number of aromatic amines is 1. The molecule has 4 heteroatoms. The predicted octanol–water partition coefficient (Wildman–Crippen LogP) is 5.16. The molecule has 1 nitrogen and oxygen atoms in total. The van der Waals surface area contributed by atoms with Crippen LogP contribution < -0.4 is 0 Å². The second-order valence-corrected chi connectivity index (χ2v) is 4.80. The minimum Gasteiger partial charge on any atom is -0.355 e. The lowest BCUT2D eigenvalue weighted by Gasteiger charge is -2.05. The Hall–Kier alpha value is -2.23. The fourth-order valence-corrected chi connectivity index (χ4v) is 2.32. The van der Waals surface area contributed by atoms with Gasteiger partial charge in [-0.05, 0) is 30.7 Å². The molecule has 1 heterocycles. The van der Waals surface area contributed by atoms with E-state index in [9.17, 15) is 13.2 Å². The van der Waals surface area contributed by atoms with Crippen molar-refractivity contribution >= 4 is 10.9 Å². The summed E-state index contributed by atoms with van der Waals surface area (Å²) in [7, 11) is 0. The molecule has 0 fully saturated rings. The summed E-state index contributed by atoms with van der Waals surface area (Å²) in [6.45, 7) is 1.97. The van der Waals surface area contributed by atoms with Gasteiger partial charge < -0.3 is 4.98 Å². The Morgan fingerprint density at radius 3 is 2.40 bits per heavy atom. The molecule has 0 saturated heterocycles. The first-order valence-electron chi connectivity index (χ1n) is 6.21. The molecular weight excluding hydrogens is 263 g/mol. The molecule has 0 aliphatic heterocycles. The molecule has 0 saturated carbocycles. The molecule has 0 spiro atoms. The Kier molecular flexibility index (Phi) is 2.82. The van der Waals surface area contributed by atoms with Crippen LogP contribution in [0.15, 0.2) is 48.5 Å². The molecule has 3 aromatic rings. The average Bonchev–Trinajstić information content (AvgIpc) is 2.80. The van der Waals surface area contributed by atoms with Crippen LogP contribution >= 0.6 is 0 Å². The van der Waals surface area contributed by atoms with Gasteiger partial charge in [0.1, 0.15) is 0 Å². The molecule has 1 aromatic heterocycles. The number of H-pyrrole nitrogens is 1. The highest BCUT2D eigenvalue weighted by atomic mass is 19.4. The molecule has 102 valence electrons. The zero-order valence-electron chi connectivity index (χ0n) is 10.8. The maximum absolute atomic E-state index is 12.7. The lowest BCUT2D eigenvalue weighted by Crippen LogP contribution is -2.03. The molecule has 0 bridgehead atoms. The molecule has 20 heavy (non-hydrogen) atoms. The standard InChI is InChI=1S/C16H12F3N/c1-10-4-2-3-5-13(10)15-8-11-6-7-12(16(17,18)19)9-14(11)20-15/h2-9,20H,1H3. The van der Waals surface area contributed by atoms with Crippen molar-refractivity contribution in [3.63, 3.8) is 0 Å². The number of hydrogen-bond acceptors (Lipinski definition) is 0. The van der Waals surface area contributed by atoms with E-state index >= 15 is 0 Å². The van der Waals surface area contributed by atoms with E-state index in [1.807, 2.05) is 37.3 Å². The Labute approximate surface area is 114 Å². The Morgan fingerprint density at radius 2 is 1.70 bits per heavy atom. The quantitative estimate of drug-likeness (QED) is 0.631. The zero-order valence-corrected chi connectivity index (χ0v) is 10.8. The first-order valence-corrected chi connectivity index (χ1v) is 6.21. The van der Waals surface area contributed by atoms with E-state index in [4.69, 9.17) is 0 Å². The van der Waals surface area contributed by atoms with Crippen molar-refractivity contribution in [2.24, 2.45) is 0 Å². The van der Waals surface area contributed by atoms with Crippen molar-refractivity contribution in [3.8, 4) is 11.3 Å². The lowest BCUT2D eigenvalue weighted by molar-refractivity contribution is -0.137. The number of alkyl halides is 3. The van der Waals surface area contributed by atoms with Gasteiger partial charge in [-0.15, -0.1) is 0 Å². The number of rotatable bonds is 1. The Bertz CT molecular complexity index is 769. The molecule has 0 radical (unpaired) electrons. The molecule has 0 aliphatic carbocycles. The second-order valence-electron chi connectivity index (χ2n) is 4.80. The minimum atomic E-state index is -4.32. The Morgan fingerprint density at radius 1 is 0.950 bits per heavy atom. The highest BCUT2D eigenvalue weighted by molar-refractivity contribution is 5.87. The summed E-state index contributed by atoms with van der Waals surface area (Å²) < 4.78 is 38.1. The van der Waals surface area contributed by atoms with E-state index in [-0.39, 0.29) is 0 Å². The van der Waals surface area contributed by atoms with E-state index in [0.717, 1.165) is 34.3 Å². The topological polar surface area (TPSA) is 15.8 Å². The van der Waals surface area contributed by atoms with Gasteiger partial charge in [0.2, 0.25) is 0 Å². The number of nitrogens with one attached hydrogen (secondary N) is 1. The predicted molar refractivity (Wildman–Crippen MR) is 73.5 cm³/mol. The summed E-state index contributed by atoms with van der Waals surface area (Å²) in [5.41, 5.74) is 2.77. The number of fused-ring (bicyclic) bond motifs is 1. The molecule has 0 amide bonds. The number of benzene rings is 2. The molecule has 1 N–H and O–H groups in total. The SMILES string of the molecule is Cc1ccccc1-c1cc2ccc(C(F)(F)F)cc2[nH]1. The van der Waals surface area contributed by atoms with Crippen LogP contribution in [0.5, 0.6) is 0 Å². The van der Waals surface area contributed by atoms with E-state index in [1.165, 1.54) is 6.07 Å². The zero-order chi connectivity index (χ0) is 14.3.